The molecule has 0 amide bonds. The number of allylic oxidation sites excluding steroid dienone is 4. The number of nitrogens with zero attached hydrogens (tertiary/aromatic N) is 1. The van der Waals surface area contributed by atoms with E-state index in [2.05, 4.69) is 37.2 Å². The van der Waals surface area contributed by atoms with Crippen LogP contribution in [0.3, 0.4) is 0 Å². The number of rotatable bonds is 14. The molecular weight excluding hydrogens is 509 g/mol. The van der Waals surface area contributed by atoms with Gasteiger partial charge in [-0.3, -0.25) is 4.99 Å². The van der Waals surface area contributed by atoms with Gasteiger partial charge in [0.2, 0.25) is 0 Å². The third-order valence-electron chi connectivity index (χ3n) is 8.04. The fraction of sp³-hybridized carbons (Fsp3) is 0.432. The van der Waals surface area contributed by atoms with Crippen LogP contribution in [-0.2, 0) is 5.41 Å². The van der Waals surface area contributed by atoms with E-state index in [-0.39, 0.29) is 5.82 Å². The lowest BCUT2D eigenvalue weighted by Gasteiger charge is -2.40. The van der Waals surface area contributed by atoms with Crippen molar-refractivity contribution in [2.45, 2.75) is 105 Å². The summed E-state index contributed by atoms with van der Waals surface area (Å²) in [6.07, 6.45) is 10.8. The standard InChI is InChI=1S/C37H50FNO2/c1-11-15-17-30(23-31-18-16-19-32(24-31)37(14-4,20-12-2)36(10,40)41)21-25(5)34-26(6)22-33(28(8)35(34)38)29(9)39-27(7)13-3/h14,16,18-19,21-24,40-41H,4,7,11-13,15,17,20H2,1-3,5-6,8-10H3/b25-21+,30-23-,39-29-. The van der Waals surface area contributed by atoms with Crippen LogP contribution in [0.5, 0.6) is 0 Å². The van der Waals surface area contributed by atoms with E-state index in [1.807, 2.05) is 71.9 Å². The van der Waals surface area contributed by atoms with Crippen LogP contribution in [0.2, 0.25) is 0 Å². The van der Waals surface area contributed by atoms with Crippen molar-refractivity contribution in [3.63, 3.8) is 0 Å². The van der Waals surface area contributed by atoms with E-state index in [0.29, 0.717) is 17.5 Å². The largest absolute Gasteiger partial charge is 0.365 e. The van der Waals surface area contributed by atoms with Gasteiger partial charge in [-0.1, -0.05) is 82.7 Å². The Morgan fingerprint density at radius 2 is 1.76 bits per heavy atom. The van der Waals surface area contributed by atoms with Crippen molar-refractivity contribution in [2.24, 2.45) is 4.99 Å². The highest BCUT2D eigenvalue weighted by Gasteiger charge is 2.44. The second kappa shape index (κ2) is 14.7. The molecule has 0 fully saturated rings. The minimum Gasteiger partial charge on any atom is -0.365 e. The summed E-state index contributed by atoms with van der Waals surface area (Å²) in [5, 5.41) is 21.5. The van der Waals surface area contributed by atoms with Crippen molar-refractivity contribution in [3.05, 3.63) is 106 Å². The predicted octanol–water partition coefficient (Wildman–Crippen LogP) is 9.78. The lowest BCUT2D eigenvalue weighted by Crippen LogP contribution is -2.48. The molecule has 0 radical (unpaired) electrons. The molecule has 0 aromatic heterocycles. The molecule has 2 aromatic carbocycles. The summed E-state index contributed by atoms with van der Waals surface area (Å²) in [6, 6.07) is 9.92. The first kappa shape index (κ1) is 34.1. The van der Waals surface area contributed by atoms with Crippen LogP contribution >= 0.6 is 0 Å². The SMILES string of the molecule is C=CC(CCC)(c1cccc(/C=C(\C=C(/C)c2c(C)cc(/C(C)=N\C(=C)CC)c(C)c2F)CCCC)c1)C(C)(O)O. The lowest BCUT2D eigenvalue weighted by atomic mass is 9.70. The Morgan fingerprint density at radius 1 is 1.07 bits per heavy atom. The molecule has 1 unspecified atom stereocenters. The van der Waals surface area contributed by atoms with Crippen molar-refractivity contribution in [1.29, 1.82) is 0 Å². The van der Waals surface area contributed by atoms with Crippen LogP contribution in [0.15, 0.2) is 71.9 Å². The van der Waals surface area contributed by atoms with E-state index in [9.17, 15) is 10.2 Å². The van der Waals surface area contributed by atoms with E-state index in [4.69, 9.17) is 0 Å². The first-order valence-electron chi connectivity index (χ1n) is 14.9. The number of benzene rings is 2. The summed E-state index contributed by atoms with van der Waals surface area (Å²) in [6.45, 7) is 23.2. The number of hydrogen-bond acceptors (Lipinski definition) is 3. The molecule has 3 nitrogen and oxygen atoms in total. The van der Waals surface area contributed by atoms with Gasteiger partial charge in [0, 0.05) is 22.5 Å². The van der Waals surface area contributed by atoms with Crippen LogP contribution in [0.25, 0.3) is 11.6 Å². The van der Waals surface area contributed by atoms with E-state index in [0.717, 1.165) is 76.9 Å². The molecule has 2 aromatic rings. The molecule has 4 heteroatoms. The van der Waals surface area contributed by atoms with Crippen molar-refractivity contribution in [1.82, 2.24) is 0 Å². The minimum absolute atomic E-state index is 0.220. The molecular formula is C37H50FNO2. The Hall–Kier alpha value is -3.08. The third-order valence-corrected chi connectivity index (χ3v) is 8.04. The number of aryl methyl sites for hydroxylation is 1. The van der Waals surface area contributed by atoms with Crippen molar-refractivity contribution < 1.29 is 14.6 Å². The first-order valence-corrected chi connectivity index (χ1v) is 14.9. The van der Waals surface area contributed by atoms with Crippen molar-refractivity contribution >= 4 is 17.4 Å². The zero-order valence-corrected chi connectivity index (χ0v) is 26.5. The first-order chi connectivity index (χ1) is 19.3. The predicted molar refractivity (Wildman–Crippen MR) is 175 cm³/mol. The highest BCUT2D eigenvalue weighted by Crippen LogP contribution is 2.40. The van der Waals surface area contributed by atoms with E-state index in [1.54, 1.807) is 6.08 Å². The summed E-state index contributed by atoms with van der Waals surface area (Å²) >= 11 is 0. The Balaban J connectivity index is 2.65. The van der Waals surface area contributed by atoms with E-state index < -0.39 is 11.2 Å². The van der Waals surface area contributed by atoms with Gasteiger partial charge >= 0.3 is 0 Å². The summed E-state index contributed by atoms with van der Waals surface area (Å²) in [4.78, 5) is 4.56. The molecule has 41 heavy (non-hydrogen) atoms. The van der Waals surface area contributed by atoms with Crippen LogP contribution in [0, 0.1) is 19.7 Å². The number of hydrogen-bond donors (Lipinski definition) is 2. The molecule has 0 spiro atoms. The van der Waals surface area contributed by atoms with Crippen LogP contribution in [0.4, 0.5) is 4.39 Å². The van der Waals surface area contributed by atoms with Crippen molar-refractivity contribution in [2.75, 3.05) is 0 Å². The van der Waals surface area contributed by atoms with Crippen LogP contribution < -0.4 is 0 Å². The zero-order valence-electron chi connectivity index (χ0n) is 26.5. The molecule has 0 aliphatic rings. The van der Waals surface area contributed by atoms with Crippen molar-refractivity contribution in [3.8, 4) is 0 Å². The van der Waals surface area contributed by atoms with Gasteiger partial charge in [-0.25, -0.2) is 4.39 Å². The zero-order chi connectivity index (χ0) is 31.0. The number of aliphatic imine (C=N–C) groups is 1. The maximum absolute atomic E-state index is 15.9. The van der Waals surface area contributed by atoms with Gasteiger partial charge in [-0.2, -0.15) is 0 Å². The topological polar surface area (TPSA) is 52.8 Å². The normalized spacial score (nSPS) is 14.7. The maximum atomic E-state index is 15.9. The molecule has 1 atom stereocenters. The van der Waals surface area contributed by atoms with E-state index >= 15 is 4.39 Å². The minimum atomic E-state index is -1.96. The number of halogens is 1. The molecule has 0 saturated carbocycles. The van der Waals surface area contributed by atoms with Gasteiger partial charge in [0.1, 0.15) is 5.82 Å². The second-order valence-electron chi connectivity index (χ2n) is 11.4. The third kappa shape index (κ3) is 8.02. The Bertz CT molecular complexity index is 1340. The summed E-state index contributed by atoms with van der Waals surface area (Å²) in [5.41, 5.74) is 7.15. The summed E-state index contributed by atoms with van der Waals surface area (Å²) < 4.78 is 15.9. The quantitative estimate of drug-likeness (QED) is 0.105. The molecule has 0 aliphatic carbocycles. The van der Waals surface area contributed by atoms with Gasteiger partial charge in [0.15, 0.2) is 5.79 Å². The fourth-order valence-corrected chi connectivity index (χ4v) is 5.61. The Kier molecular flexibility index (Phi) is 12.2. The Labute approximate surface area is 248 Å². The lowest BCUT2D eigenvalue weighted by molar-refractivity contribution is -0.188. The van der Waals surface area contributed by atoms with Gasteiger partial charge in [0.25, 0.3) is 0 Å². The smallest absolute Gasteiger partial charge is 0.173 e. The average molecular weight is 560 g/mol. The summed E-state index contributed by atoms with van der Waals surface area (Å²) in [7, 11) is 0. The monoisotopic (exact) mass is 559 g/mol. The van der Waals surface area contributed by atoms with Gasteiger partial charge in [-0.05, 0) is 99.8 Å². The average Bonchev–Trinajstić information content (AvgIpc) is 2.91. The molecule has 222 valence electrons. The molecule has 2 N–H and O–H groups in total. The highest BCUT2D eigenvalue weighted by atomic mass is 19.1. The molecule has 0 saturated heterocycles. The van der Waals surface area contributed by atoms with Gasteiger partial charge in [0.05, 0.1) is 5.41 Å². The highest BCUT2D eigenvalue weighted by molar-refractivity contribution is 6.01. The Morgan fingerprint density at radius 3 is 2.32 bits per heavy atom. The van der Waals surface area contributed by atoms with Gasteiger partial charge < -0.3 is 10.2 Å². The molecule has 2 rings (SSSR count). The van der Waals surface area contributed by atoms with Crippen LogP contribution in [-0.4, -0.2) is 21.7 Å². The second-order valence-corrected chi connectivity index (χ2v) is 11.4. The maximum Gasteiger partial charge on any atom is 0.173 e. The number of aliphatic hydroxyl groups is 2. The molecule has 0 heterocycles. The van der Waals surface area contributed by atoms with Gasteiger partial charge in [-0.15, -0.1) is 6.58 Å². The van der Waals surface area contributed by atoms with E-state index in [1.165, 1.54) is 6.92 Å². The summed E-state index contributed by atoms with van der Waals surface area (Å²) in [5.74, 6) is -2.18. The number of unbranched alkanes of at least 4 members (excludes halogenated alkanes) is 1. The van der Waals surface area contributed by atoms with Crippen LogP contribution in [0.1, 0.15) is 113 Å². The fourth-order valence-electron chi connectivity index (χ4n) is 5.61. The molecule has 0 bridgehead atoms. The molecule has 0 aliphatic heterocycles.